The molecule has 8 heteroatoms. The summed E-state index contributed by atoms with van der Waals surface area (Å²) in [5.41, 5.74) is 4.72. The number of hydrazone groups is 1. The lowest BCUT2D eigenvalue weighted by Crippen LogP contribution is -2.24. The number of carbonyl (C=O) groups excluding carboxylic acids is 2. The van der Waals surface area contributed by atoms with Crippen molar-refractivity contribution in [1.29, 1.82) is 0 Å². The van der Waals surface area contributed by atoms with Gasteiger partial charge in [-0.2, -0.15) is 5.10 Å². The predicted molar refractivity (Wildman–Crippen MR) is 107 cm³/mol. The quantitative estimate of drug-likeness (QED) is 0.398. The normalized spacial score (nSPS) is 10.5. The van der Waals surface area contributed by atoms with Crippen LogP contribution < -0.4 is 20.2 Å². The topological polar surface area (TPSA) is 89.0 Å². The van der Waals surface area contributed by atoms with Crippen molar-refractivity contribution >= 4 is 39.6 Å². The highest BCUT2D eigenvalue weighted by Gasteiger charge is 2.10. The molecule has 0 radical (unpaired) electrons. The number of nitrogens with one attached hydrogen (secondary N) is 2. The van der Waals surface area contributed by atoms with E-state index in [4.69, 9.17) is 9.47 Å². The van der Waals surface area contributed by atoms with E-state index in [9.17, 15) is 9.59 Å². The lowest BCUT2D eigenvalue weighted by atomic mass is 10.2. The molecular formula is C19H20BrN3O4. The number of anilines is 1. The standard InChI is InChI=1S/C19H20BrN3O4/c1-12-4-6-14(7-5-12)22-18(24)10-19(25)23-21-11-13-8-16(26-2)17(27-3)9-15(13)20/h4-9,11H,10H2,1-3H3,(H,22,24)(H,23,25). The minimum atomic E-state index is -0.521. The Balaban J connectivity index is 1.91. The lowest BCUT2D eigenvalue weighted by molar-refractivity contribution is -0.126. The van der Waals surface area contributed by atoms with E-state index < -0.39 is 11.8 Å². The number of benzene rings is 2. The maximum absolute atomic E-state index is 11.9. The Morgan fingerprint density at radius 2 is 1.70 bits per heavy atom. The van der Waals surface area contributed by atoms with Gasteiger partial charge in [0.2, 0.25) is 11.8 Å². The maximum atomic E-state index is 11.9. The molecule has 0 aliphatic heterocycles. The van der Waals surface area contributed by atoms with Gasteiger partial charge in [-0.3, -0.25) is 9.59 Å². The lowest BCUT2D eigenvalue weighted by Gasteiger charge is -2.09. The van der Waals surface area contributed by atoms with Crippen molar-refractivity contribution in [3.05, 3.63) is 52.0 Å². The minimum absolute atomic E-state index is 0.335. The third-order valence-electron chi connectivity index (χ3n) is 3.55. The smallest absolute Gasteiger partial charge is 0.249 e. The van der Waals surface area contributed by atoms with Gasteiger partial charge in [0.25, 0.3) is 0 Å². The summed E-state index contributed by atoms with van der Waals surface area (Å²) >= 11 is 3.40. The second-order valence-electron chi connectivity index (χ2n) is 5.61. The largest absolute Gasteiger partial charge is 0.493 e. The van der Waals surface area contributed by atoms with Gasteiger partial charge in [-0.1, -0.05) is 17.7 Å². The molecule has 0 saturated carbocycles. The molecule has 0 bridgehead atoms. The molecule has 0 aliphatic carbocycles. The van der Waals surface area contributed by atoms with E-state index in [0.29, 0.717) is 22.7 Å². The molecule has 0 atom stereocenters. The molecule has 0 heterocycles. The number of rotatable bonds is 7. The highest BCUT2D eigenvalue weighted by atomic mass is 79.9. The van der Waals surface area contributed by atoms with E-state index in [-0.39, 0.29) is 6.42 Å². The van der Waals surface area contributed by atoms with E-state index in [1.54, 1.807) is 31.4 Å². The van der Waals surface area contributed by atoms with Crippen molar-refractivity contribution in [1.82, 2.24) is 5.43 Å². The fourth-order valence-corrected chi connectivity index (χ4v) is 2.59. The highest BCUT2D eigenvalue weighted by molar-refractivity contribution is 9.10. The van der Waals surface area contributed by atoms with Crippen molar-refractivity contribution < 1.29 is 19.1 Å². The Kier molecular flexibility index (Phi) is 7.36. The van der Waals surface area contributed by atoms with Gasteiger partial charge in [0.05, 0.1) is 20.4 Å². The van der Waals surface area contributed by atoms with Gasteiger partial charge in [-0.05, 0) is 47.1 Å². The molecule has 0 spiro atoms. The van der Waals surface area contributed by atoms with Crippen molar-refractivity contribution in [2.24, 2.45) is 5.10 Å². The SMILES string of the molecule is COc1cc(Br)c(C=NNC(=O)CC(=O)Nc2ccc(C)cc2)cc1OC. The van der Waals surface area contributed by atoms with Gasteiger partial charge in [0, 0.05) is 15.7 Å². The van der Waals surface area contributed by atoms with E-state index in [0.717, 1.165) is 10.0 Å². The number of hydrogen-bond acceptors (Lipinski definition) is 5. The molecule has 2 amide bonds. The molecule has 142 valence electrons. The second-order valence-corrected chi connectivity index (χ2v) is 6.47. The molecule has 2 aromatic rings. The molecule has 2 aromatic carbocycles. The van der Waals surface area contributed by atoms with Gasteiger partial charge in [0.15, 0.2) is 11.5 Å². The van der Waals surface area contributed by atoms with Crippen LogP contribution in [0.25, 0.3) is 0 Å². The average molecular weight is 434 g/mol. The van der Waals surface area contributed by atoms with Crippen LogP contribution in [0.4, 0.5) is 5.69 Å². The molecule has 0 aromatic heterocycles. The number of aryl methyl sites for hydroxylation is 1. The molecule has 27 heavy (non-hydrogen) atoms. The molecule has 7 nitrogen and oxygen atoms in total. The van der Waals surface area contributed by atoms with Crippen molar-refractivity contribution in [3.63, 3.8) is 0 Å². The summed E-state index contributed by atoms with van der Waals surface area (Å²) in [4.78, 5) is 23.7. The third kappa shape index (κ3) is 6.10. The number of amides is 2. The van der Waals surface area contributed by atoms with Gasteiger partial charge in [-0.15, -0.1) is 0 Å². The van der Waals surface area contributed by atoms with Gasteiger partial charge in [0.1, 0.15) is 6.42 Å². The van der Waals surface area contributed by atoms with Crippen LogP contribution in [0.5, 0.6) is 11.5 Å². The first-order valence-electron chi connectivity index (χ1n) is 8.03. The first kappa shape index (κ1) is 20.4. The zero-order valence-electron chi connectivity index (χ0n) is 15.2. The van der Waals surface area contributed by atoms with E-state index in [1.165, 1.54) is 13.3 Å². The van der Waals surface area contributed by atoms with Crippen LogP contribution in [0, 0.1) is 6.92 Å². The Morgan fingerprint density at radius 1 is 1.07 bits per heavy atom. The molecule has 0 unspecified atom stereocenters. The predicted octanol–water partition coefficient (Wildman–Crippen LogP) is 3.25. The molecule has 2 N–H and O–H groups in total. The van der Waals surface area contributed by atoms with Gasteiger partial charge >= 0.3 is 0 Å². The summed E-state index contributed by atoms with van der Waals surface area (Å²) in [5.74, 6) is 0.163. The fraction of sp³-hybridized carbons (Fsp3) is 0.211. The zero-order valence-corrected chi connectivity index (χ0v) is 16.8. The minimum Gasteiger partial charge on any atom is -0.493 e. The molecule has 0 saturated heterocycles. The van der Waals surface area contributed by atoms with Gasteiger partial charge < -0.3 is 14.8 Å². The van der Waals surface area contributed by atoms with Crippen LogP contribution >= 0.6 is 15.9 Å². The number of methoxy groups -OCH3 is 2. The Labute approximate surface area is 165 Å². The van der Waals surface area contributed by atoms with Gasteiger partial charge in [-0.25, -0.2) is 5.43 Å². The van der Waals surface area contributed by atoms with Crippen LogP contribution in [-0.4, -0.2) is 32.2 Å². The third-order valence-corrected chi connectivity index (χ3v) is 4.24. The number of carbonyl (C=O) groups is 2. The van der Waals surface area contributed by atoms with Crippen LogP contribution in [0.3, 0.4) is 0 Å². The summed E-state index contributed by atoms with van der Waals surface area (Å²) < 4.78 is 11.1. The Morgan fingerprint density at radius 3 is 2.33 bits per heavy atom. The number of ether oxygens (including phenoxy) is 2. The fourth-order valence-electron chi connectivity index (χ4n) is 2.17. The summed E-state index contributed by atoms with van der Waals surface area (Å²) in [6.45, 7) is 1.95. The first-order chi connectivity index (χ1) is 12.9. The molecule has 2 rings (SSSR count). The summed E-state index contributed by atoms with van der Waals surface area (Å²) in [7, 11) is 3.07. The number of hydrogen-bond donors (Lipinski definition) is 2. The Bertz CT molecular complexity index is 851. The van der Waals surface area contributed by atoms with E-state index in [2.05, 4.69) is 31.8 Å². The van der Waals surface area contributed by atoms with E-state index >= 15 is 0 Å². The van der Waals surface area contributed by atoms with Crippen LogP contribution in [0.1, 0.15) is 17.5 Å². The van der Waals surface area contributed by atoms with E-state index in [1.807, 2.05) is 19.1 Å². The van der Waals surface area contributed by atoms with Crippen LogP contribution in [0.15, 0.2) is 46.0 Å². The molecule has 0 fully saturated rings. The summed E-state index contributed by atoms with van der Waals surface area (Å²) in [5, 5.41) is 6.53. The first-order valence-corrected chi connectivity index (χ1v) is 8.82. The number of halogens is 1. The maximum Gasteiger partial charge on any atom is 0.249 e. The van der Waals surface area contributed by atoms with Crippen molar-refractivity contribution in [2.75, 3.05) is 19.5 Å². The van der Waals surface area contributed by atoms with Crippen molar-refractivity contribution in [3.8, 4) is 11.5 Å². The highest BCUT2D eigenvalue weighted by Crippen LogP contribution is 2.32. The second kappa shape index (κ2) is 9.72. The zero-order chi connectivity index (χ0) is 19.8. The monoisotopic (exact) mass is 433 g/mol. The summed E-state index contributed by atoms with van der Waals surface area (Å²) in [6.07, 6.45) is 1.11. The molecule has 0 aliphatic rings. The summed E-state index contributed by atoms with van der Waals surface area (Å²) in [6, 6.07) is 10.7. The van der Waals surface area contributed by atoms with Crippen LogP contribution in [-0.2, 0) is 9.59 Å². The van der Waals surface area contributed by atoms with Crippen LogP contribution in [0.2, 0.25) is 0 Å². The number of nitrogens with zero attached hydrogens (tertiary/aromatic N) is 1. The van der Waals surface area contributed by atoms with Crippen molar-refractivity contribution in [2.45, 2.75) is 13.3 Å². The molecular weight excluding hydrogens is 414 g/mol. The Hall–Kier alpha value is -2.87. The average Bonchev–Trinajstić information content (AvgIpc) is 2.64.